The number of nitriles is 1. The van der Waals surface area contributed by atoms with Crippen molar-refractivity contribution < 1.29 is 14.3 Å². The summed E-state index contributed by atoms with van der Waals surface area (Å²) in [5.74, 6) is -0.967. The highest BCUT2D eigenvalue weighted by atomic mass is 16.5. The maximum Gasteiger partial charge on any atom is 0.246 e. The first-order chi connectivity index (χ1) is 7.61. The molecule has 0 aliphatic carbocycles. The third-order valence-electron chi connectivity index (χ3n) is 1.90. The van der Waals surface area contributed by atoms with Crippen LogP contribution >= 0.6 is 0 Å². The molecule has 0 unspecified atom stereocenters. The first-order valence-corrected chi connectivity index (χ1v) is 5.15. The summed E-state index contributed by atoms with van der Waals surface area (Å²) in [7, 11) is 0. The Morgan fingerprint density at radius 3 is 2.75 bits per heavy atom. The normalized spacial score (nSPS) is 11.5. The molecule has 0 radical (unpaired) electrons. The summed E-state index contributed by atoms with van der Waals surface area (Å²) >= 11 is 0. The van der Waals surface area contributed by atoms with Crippen molar-refractivity contribution in [3.8, 4) is 6.07 Å². The second-order valence-electron chi connectivity index (χ2n) is 3.21. The summed E-state index contributed by atoms with van der Waals surface area (Å²) < 4.78 is 4.89. The van der Waals surface area contributed by atoms with E-state index in [-0.39, 0.29) is 12.5 Å². The third-order valence-corrected chi connectivity index (χ3v) is 1.90. The molecular formula is C10H17N3O3. The monoisotopic (exact) mass is 227 g/mol. The molecule has 0 saturated carbocycles. The van der Waals surface area contributed by atoms with Gasteiger partial charge in [-0.2, -0.15) is 5.26 Å². The number of hydrogen-bond acceptors (Lipinski definition) is 4. The molecule has 0 aromatic heterocycles. The van der Waals surface area contributed by atoms with Crippen molar-refractivity contribution in [1.29, 1.82) is 5.26 Å². The third kappa shape index (κ3) is 6.79. The lowest BCUT2D eigenvalue weighted by molar-refractivity contribution is -0.130. The molecule has 0 heterocycles. The van der Waals surface area contributed by atoms with Gasteiger partial charge in [-0.25, -0.2) is 0 Å². The number of ether oxygens (including phenoxy) is 1. The van der Waals surface area contributed by atoms with Crippen molar-refractivity contribution in [2.24, 2.45) is 5.73 Å². The number of nitrogens with one attached hydrogen (secondary N) is 1. The number of primary amides is 1. The van der Waals surface area contributed by atoms with Gasteiger partial charge in [-0.3, -0.25) is 9.59 Å². The highest BCUT2D eigenvalue weighted by molar-refractivity contribution is 5.86. The van der Waals surface area contributed by atoms with Gasteiger partial charge in [-0.15, -0.1) is 0 Å². The maximum atomic E-state index is 11.2. The highest BCUT2D eigenvalue weighted by Crippen LogP contribution is 2.00. The molecular weight excluding hydrogens is 210 g/mol. The zero-order chi connectivity index (χ0) is 12.4. The maximum absolute atomic E-state index is 11.2. The minimum atomic E-state index is -0.721. The van der Waals surface area contributed by atoms with Crippen molar-refractivity contribution in [3.63, 3.8) is 0 Å². The zero-order valence-electron chi connectivity index (χ0n) is 9.36. The Labute approximate surface area is 94.7 Å². The number of nitrogens with zero attached hydrogens (tertiary/aromatic N) is 1. The lowest BCUT2D eigenvalue weighted by Gasteiger charge is -2.14. The van der Waals surface area contributed by atoms with Crippen LogP contribution in [0.1, 0.15) is 26.2 Å². The zero-order valence-corrected chi connectivity index (χ0v) is 9.36. The van der Waals surface area contributed by atoms with E-state index >= 15 is 0 Å². The Balaban J connectivity index is 3.98. The molecule has 0 fully saturated rings. The van der Waals surface area contributed by atoms with E-state index < -0.39 is 11.9 Å². The van der Waals surface area contributed by atoms with Crippen LogP contribution in [0.25, 0.3) is 0 Å². The second kappa shape index (κ2) is 8.68. The van der Waals surface area contributed by atoms with Gasteiger partial charge in [0.25, 0.3) is 0 Å². The summed E-state index contributed by atoms with van der Waals surface area (Å²) in [6, 6.07) is 1.24. The summed E-state index contributed by atoms with van der Waals surface area (Å²) in [5.41, 5.74) is 5.12. The van der Waals surface area contributed by atoms with Crippen LogP contribution in [0.2, 0.25) is 0 Å². The minimum absolute atomic E-state index is 0.0848. The van der Waals surface area contributed by atoms with Gasteiger partial charge in [0.2, 0.25) is 11.8 Å². The van der Waals surface area contributed by atoms with Crippen LogP contribution in [-0.2, 0) is 14.3 Å². The molecule has 0 rings (SSSR count). The van der Waals surface area contributed by atoms with E-state index in [0.29, 0.717) is 25.9 Å². The molecule has 0 bridgehead atoms. The van der Waals surface area contributed by atoms with Crippen LogP contribution < -0.4 is 11.1 Å². The molecule has 2 amide bonds. The molecule has 0 aromatic carbocycles. The van der Waals surface area contributed by atoms with E-state index in [9.17, 15) is 9.59 Å². The average Bonchev–Trinajstić information content (AvgIpc) is 2.25. The lowest BCUT2D eigenvalue weighted by Crippen LogP contribution is -2.45. The van der Waals surface area contributed by atoms with Gasteiger partial charge >= 0.3 is 0 Å². The van der Waals surface area contributed by atoms with Gasteiger partial charge in [-0.05, 0) is 19.8 Å². The predicted octanol–water partition coefficient (Wildman–Crippen LogP) is -0.313. The topological polar surface area (TPSA) is 105 Å². The number of unbranched alkanes of at least 4 members (excludes halogenated alkanes) is 1. The van der Waals surface area contributed by atoms with Crippen LogP contribution in [0.15, 0.2) is 0 Å². The molecule has 0 aromatic rings. The first kappa shape index (κ1) is 14.4. The van der Waals surface area contributed by atoms with Gasteiger partial charge in [-0.1, -0.05) is 0 Å². The molecule has 6 heteroatoms. The highest BCUT2D eigenvalue weighted by Gasteiger charge is 2.17. The van der Waals surface area contributed by atoms with Gasteiger partial charge in [0.1, 0.15) is 12.6 Å². The Bertz CT molecular complexity index is 273. The fourth-order valence-corrected chi connectivity index (χ4v) is 1.10. The van der Waals surface area contributed by atoms with E-state index in [1.54, 1.807) is 6.92 Å². The molecule has 0 aliphatic heterocycles. The number of carbonyl (C=O) groups excluding carboxylic acids is 2. The van der Waals surface area contributed by atoms with Crippen molar-refractivity contribution in [2.75, 3.05) is 13.2 Å². The van der Waals surface area contributed by atoms with Gasteiger partial charge in [0.05, 0.1) is 6.07 Å². The van der Waals surface area contributed by atoms with E-state index in [0.717, 1.165) is 0 Å². The van der Waals surface area contributed by atoms with Crippen LogP contribution in [0.3, 0.4) is 0 Å². The van der Waals surface area contributed by atoms with E-state index in [4.69, 9.17) is 15.7 Å². The van der Waals surface area contributed by atoms with Crippen molar-refractivity contribution >= 4 is 11.8 Å². The predicted molar refractivity (Wildman–Crippen MR) is 57.1 cm³/mol. The van der Waals surface area contributed by atoms with Crippen LogP contribution in [0.5, 0.6) is 0 Å². The van der Waals surface area contributed by atoms with Gasteiger partial charge in [0, 0.05) is 13.0 Å². The lowest BCUT2D eigenvalue weighted by atomic mass is 10.1. The fourth-order valence-electron chi connectivity index (χ4n) is 1.10. The average molecular weight is 227 g/mol. The largest absolute Gasteiger partial charge is 0.372 e. The molecule has 1 atom stereocenters. The van der Waals surface area contributed by atoms with Crippen molar-refractivity contribution in [2.45, 2.75) is 32.2 Å². The summed E-state index contributed by atoms with van der Waals surface area (Å²) in [4.78, 5) is 22.2. The molecule has 0 saturated heterocycles. The van der Waals surface area contributed by atoms with E-state index in [1.165, 1.54) is 0 Å². The minimum Gasteiger partial charge on any atom is -0.372 e. The van der Waals surface area contributed by atoms with Crippen molar-refractivity contribution in [3.05, 3.63) is 0 Å². The first-order valence-electron chi connectivity index (χ1n) is 5.15. The molecule has 6 nitrogen and oxygen atoms in total. The Morgan fingerprint density at radius 1 is 1.56 bits per heavy atom. The Hall–Kier alpha value is -1.61. The number of carbonyl (C=O) groups is 2. The quantitative estimate of drug-likeness (QED) is 0.554. The summed E-state index contributed by atoms with van der Waals surface area (Å²) in [6.45, 7) is 2.12. The molecule has 90 valence electrons. The molecule has 0 aliphatic rings. The van der Waals surface area contributed by atoms with Crippen LogP contribution in [0, 0.1) is 11.3 Å². The molecule has 3 N–H and O–H groups in total. The van der Waals surface area contributed by atoms with E-state index in [1.807, 2.05) is 6.07 Å². The summed E-state index contributed by atoms with van der Waals surface area (Å²) in [6.07, 6.45) is 1.24. The second-order valence-corrected chi connectivity index (χ2v) is 3.21. The van der Waals surface area contributed by atoms with Crippen LogP contribution in [-0.4, -0.2) is 31.1 Å². The van der Waals surface area contributed by atoms with Gasteiger partial charge < -0.3 is 15.8 Å². The Morgan fingerprint density at radius 2 is 2.25 bits per heavy atom. The summed E-state index contributed by atoms with van der Waals surface area (Å²) in [5, 5.41) is 10.8. The smallest absolute Gasteiger partial charge is 0.246 e. The number of rotatable bonds is 8. The van der Waals surface area contributed by atoms with Gasteiger partial charge in [0.15, 0.2) is 0 Å². The molecule has 16 heavy (non-hydrogen) atoms. The van der Waals surface area contributed by atoms with Crippen molar-refractivity contribution in [1.82, 2.24) is 5.32 Å². The molecule has 0 spiro atoms. The fraction of sp³-hybridized carbons (Fsp3) is 0.700. The Kier molecular flexibility index (Phi) is 7.81. The number of nitrogens with two attached hydrogens (primary N) is 1. The number of hydrogen-bond donors (Lipinski definition) is 2. The standard InChI is InChI=1S/C10H17N3O3/c1-2-16-7-9(14)13-8(10(12)15)5-3-4-6-11/h8H,2-5,7H2,1H3,(H2,12,15)(H,13,14)/t8-/m0/s1. The van der Waals surface area contributed by atoms with Crippen LogP contribution in [0.4, 0.5) is 0 Å². The van der Waals surface area contributed by atoms with E-state index in [2.05, 4.69) is 5.32 Å². The number of amides is 2. The SMILES string of the molecule is CCOCC(=O)N[C@@H](CCCC#N)C(N)=O.